The second-order valence-electron chi connectivity index (χ2n) is 6.62. The highest BCUT2D eigenvalue weighted by atomic mass is 16.5. The maximum atomic E-state index is 6.03. The molecule has 1 atom stereocenters. The summed E-state index contributed by atoms with van der Waals surface area (Å²) < 4.78 is 11.2. The molecule has 0 spiro atoms. The molecule has 1 aromatic carbocycles. The lowest BCUT2D eigenvalue weighted by molar-refractivity contribution is -0.00830. The van der Waals surface area contributed by atoms with Crippen LogP contribution in [-0.2, 0) is 11.2 Å². The number of hydrogen-bond donors (Lipinski definition) is 1. The van der Waals surface area contributed by atoms with Crippen LogP contribution in [-0.4, -0.2) is 54.3 Å². The minimum atomic E-state index is 0.0569. The Balaban J connectivity index is 1.59. The first-order chi connectivity index (χ1) is 12.6. The number of ether oxygens (including phenoxy) is 1. The van der Waals surface area contributed by atoms with E-state index in [0.717, 1.165) is 19.0 Å². The minimum Gasteiger partial charge on any atom is -0.370 e. The predicted octanol–water partition coefficient (Wildman–Crippen LogP) is 2.19. The number of guanidine groups is 1. The Morgan fingerprint density at radius 2 is 2.19 bits per heavy atom. The molecule has 2 heterocycles. The molecule has 1 saturated heterocycles. The Labute approximate surface area is 154 Å². The molecule has 26 heavy (non-hydrogen) atoms. The van der Waals surface area contributed by atoms with Crippen LogP contribution in [0.4, 0.5) is 0 Å². The van der Waals surface area contributed by atoms with E-state index in [2.05, 4.69) is 57.4 Å². The number of rotatable bonds is 4. The summed E-state index contributed by atoms with van der Waals surface area (Å²) in [5, 5.41) is 7.20. The van der Waals surface area contributed by atoms with Crippen LogP contribution in [0.2, 0.25) is 0 Å². The molecule has 0 aliphatic carbocycles. The van der Waals surface area contributed by atoms with Crippen LogP contribution < -0.4 is 5.32 Å². The molecule has 1 aliphatic heterocycles. The maximum Gasteiger partial charge on any atom is 0.228 e. The highest BCUT2D eigenvalue weighted by molar-refractivity contribution is 5.80. The van der Waals surface area contributed by atoms with Crippen molar-refractivity contribution in [3.05, 3.63) is 46.6 Å². The van der Waals surface area contributed by atoms with Crippen LogP contribution in [0, 0.1) is 20.8 Å². The lowest BCUT2D eigenvalue weighted by Gasteiger charge is -2.35. The zero-order chi connectivity index (χ0) is 18.5. The van der Waals surface area contributed by atoms with Gasteiger partial charge in [0.15, 0.2) is 11.8 Å². The third kappa shape index (κ3) is 4.40. The zero-order valence-electron chi connectivity index (χ0n) is 16.0. The molecule has 7 heteroatoms. The Morgan fingerprint density at radius 1 is 1.35 bits per heavy atom. The van der Waals surface area contributed by atoms with Gasteiger partial charge >= 0.3 is 0 Å². The van der Waals surface area contributed by atoms with Crippen LogP contribution in [0.1, 0.15) is 34.5 Å². The minimum absolute atomic E-state index is 0.0569. The van der Waals surface area contributed by atoms with E-state index in [0.29, 0.717) is 31.3 Å². The monoisotopic (exact) mass is 357 g/mol. The molecule has 7 nitrogen and oxygen atoms in total. The molecular weight excluding hydrogens is 330 g/mol. The number of morpholine rings is 1. The van der Waals surface area contributed by atoms with Gasteiger partial charge in [0.2, 0.25) is 5.89 Å². The number of benzene rings is 1. The van der Waals surface area contributed by atoms with Crippen LogP contribution in [0.25, 0.3) is 0 Å². The van der Waals surface area contributed by atoms with Gasteiger partial charge in [-0.3, -0.25) is 4.99 Å². The highest BCUT2D eigenvalue weighted by Gasteiger charge is 2.25. The number of nitrogens with zero attached hydrogens (tertiary/aromatic N) is 4. The molecular formula is C19H27N5O2. The molecule has 2 aromatic rings. The number of aliphatic imine (C=N–C) groups is 1. The van der Waals surface area contributed by atoms with Crippen molar-refractivity contribution < 1.29 is 9.26 Å². The first-order valence-electron chi connectivity index (χ1n) is 9.00. The molecule has 1 aromatic heterocycles. The Kier molecular flexibility index (Phi) is 5.88. The van der Waals surface area contributed by atoms with Crippen molar-refractivity contribution in [2.24, 2.45) is 4.99 Å². The molecule has 140 valence electrons. The summed E-state index contributed by atoms with van der Waals surface area (Å²) in [6, 6.07) is 6.52. The molecule has 0 radical (unpaired) electrons. The van der Waals surface area contributed by atoms with E-state index >= 15 is 0 Å². The van der Waals surface area contributed by atoms with Gasteiger partial charge in [-0.1, -0.05) is 28.9 Å². The van der Waals surface area contributed by atoms with Crippen LogP contribution >= 0.6 is 0 Å². The molecule has 0 bridgehead atoms. The van der Waals surface area contributed by atoms with Gasteiger partial charge in [-0.05, 0) is 31.9 Å². The quantitative estimate of drug-likeness (QED) is 0.668. The Morgan fingerprint density at radius 3 is 2.88 bits per heavy atom. The van der Waals surface area contributed by atoms with Crippen molar-refractivity contribution in [3.63, 3.8) is 0 Å². The number of nitrogens with one attached hydrogen (secondary N) is 1. The summed E-state index contributed by atoms with van der Waals surface area (Å²) in [5.41, 5.74) is 3.79. The fraction of sp³-hybridized carbons (Fsp3) is 0.526. The summed E-state index contributed by atoms with van der Waals surface area (Å²) >= 11 is 0. The van der Waals surface area contributed by atoms with E-state index in [1.807, 2.05) is 6.92 Å². The van der Waals surface area contributed by atoms with E-state index in [4.69, 9.17) is 9.26 Å². The second-order valence-corrected chi connectivity index (χ2v) is 6.62. The van der Waals surface area contributed by atoms with Gasteiger partial charge in [0, 0.05) is 26.6 Å². The summed E-state index contributed by atoms with van der Waals surface area (Å²) in [4.78, 5) is 10.9. The molecule has 1 fully saturated rings. The van der Waals surface area contributed by atoms with Crippen LogP contribution in [0.5, 0.6) is 0 Å². The number of aromatic nitrogens is 2. The average molecular weight is 357 g/mol. The third-order valence-corrected chi connectivity index (χ3v) is 4.54. The zero-order valence-corrected chi connectivity index (χ0v) is 16.0. The van der Waals surface area contributed by atoms with Gasteiger partial charge < -0.3 is 19.5 Å². The topological polar surface area (TPSA) is 75.8 Å². The van der Waals surface area contributed by atoms with Crippen LogP contribution in [0.3, 0.4) is 0 Å². The maximum absolute atomic E-state index is 6.03. The smallest absolute Gasteiger partial charge is 0.228 e. The molecule has 1 N–H and O–H groups in total. The normalized spacial score (nSPS) is 18.2. The fourth-order valence-corrected chi connectivity index (χ4v) is 3.27. The first kappa shape index (κ1) is 18.4. The van der Waals surface area contributed by atoms with Gasteiger partial charge in [-0.2, -0.15) is 4.98 Å². The van der Waals surface area contributed by atoms with Crippen LogP contribution in [0.15, 0.2) is 27.7 Å². The second kappa shape index (κ2) is 8.31. The SMILES string of the molecule is CN=C(NCCc1nc(C)no1)N1CCOC(c2ccc(C)cc2C)C1. The molecule has 1 unspecified atom stereocenters. The van der Waals surface area contributed by atoms with E-state index < -0.39 is 0 Å². The largest absolute Gasteiger partial charge is 0.370 e. The average Bonchev–Trinajstić information content (AvgIpc) is 3.04. The van der Waals surface area contributed by atoms with Crippen molar-refractivity contribution in [2.45, 2.75) is 33.3 Å². The summed E-state index contributed by atoms with van der Waals surface area (Å²) in [7, 11) is 1.81. The van der Waals surface area contributed by atoms with E-state index in [-0.39, 0.29) is 6.10 Å². The molecule has 0 saturated carbocycles. The van der Waals surface area contributed by atoms with Crippen molar-refractivity contribution in [3.8, 4) is 0 Å². The first-order valence-corrected chi connectivity index (χ1v) is 9.00. The van der Waals surface area contributed by atoms with E-state index in [1.165, 1.54) is 16.7 Å². The highest BCUT2D eigenvalue weighted by Crippen LogP contribution is 2.25. The Hall–Kier alpha value is -2.41. The molecule has 3 rings (SSSR count). The Bertz CT molecular complexity index is 771. The predicted molar refractivity (Wildman–Crippen MR) is 100 cm³/mol. The van der Waals surface area contributed by atoms with E-state index in [1.54, 1.807) is 7.05 Å². The number of aryl methyl sites for hydroxylation is 3. The van der Waals surface area contributed by atoms with Gasteiger partial charge in [0.25, 0.3) is 0 Å². The standard InChI is InChI=1S/C19H27N5O2/c1-13-5-6-16(14(2)11-13)17-12-24(9-10-25-17)19(20-4)21-8-7-18-22-15(3)23-26-18/h5-6,11,17H,7-10,12H2,1-4H3,(H,20,21). The fourth-order valence-electron chi connectivity index (χ4n) is 3.27. The lowest BCUT2D eigenvalue weighted by Crippen LogP contribution is -2.48. The van der Waals surface area contributed by atoms with Crippen molar-refractivity contribution in [2.75, 3.05) is 33.3 Å². The summed E-state index contributed by atoms with van der Waals surface area (Å²) in [6.45, 7) is 9.05. The van der Waals surface area contributed by atoms with Gasteiger partial charge in [-0.15, -0.1) is 0 Å². The van der Waals surface area contributed by atoms with E-state index in [9.17, 15) is 0 Å². The summed E-state index contributed by atoms with van der Waals surface area (Å²) in [6.07, 6.45) is 0.728. The van der Waals surface area contributed by atoms with Gasteiger partial charge in [-0.25, -0.2) is 0 Å². The lowest BCUT2D eigenvalue weighted by atomic mass is 10.00. The van der Waals surface area contributed by atoms with Crippen molar-refractivity contribution >= 4 is 5.96 Å². The molecule has 1 aliphatic rings. The van der Waals surface area contributed by atoms with Crippen molar-refractivity contribution in [1.82, 2.24) is 20.4 Å². The third-order valence-electron chi connectivity index (χ3n) is 4.54. The molecule has 0 amide bonds. The van der Waals surface area contributed by atoms with Gasteiger partial charge in [0.1, 0.15) is 6.10 Å². The van der Waals surface area contributed by atoms with Gasteiger partial charge in [0.05, 0.1) is 13.2 Å². The summed E-state index contributed by atoms with van der Waals surface area (Å²) in [5.74, 6) is 2.17. The number of hydrogen-bond acceptors (Lipinski definition) is 5. The van der Waals surface area contributed by atoms with Crippen molar-refractivity contribution in [1.29, 1.82) is 0 Å².